The average molecular weight is 730 g/mol. The second-order valence-electron chi connectivity index (χ2n) is 14.5. The largest absolute Gasteiger partial charge is 0.310 e. The highest BCUT2D eigenvalue weighted by molar-refractivity contribution is 7.26. The lowest BCUT2D eigenvalue weighted by Crippen LogP contribution is -2.10. The van der Waals surface area contributed by atoms with Crippen LogP contribution in [0.3, 0.4) is 0 Å². The van der Waals surface area contributed by atoms with Crippen molar-refractivity contribution in [2.24, 2.45) is 0 Å². The van der Waals surface area contributed by atoms with Crippen LogP contribution in [0.4, 0.5) is 17.1 Å². The number of hydrogen-bond donors (Lipinski definition) is 0. The lowest BCUT2D eigenvalue weighted by Gasteiger charge is -2.27. The van der Waals surface area contributed by atoms with Crippen LogP contribution in [0.1, 0.15) is 0 Å². The van der Waals surface area contributed by atoms with Crippen molar-refractivity contribution in [3.8, 4) is 33.4 Å². The van der Waals surface area contributed by atoms with Crippen LogP contribution in [0.25, 0.3) is 85.9 Å². The molecule has 0 saturated heterocycles. The minimum Gasteiger partial charge on any atom is -0.310 e. The molecule has 0 atom stereocenters. The molecule has 0 bridgehead atoms. The third kappa shape index (κ3) is 5.46. The normalized spacial score (nSPS) is 11.6. The SMILES string of the molecule is c1cc(-c2cc3ccccc3c3ccccc23)cc(N(c2ccc(-c3cccc4ccccc34)cc2)c2ccc(-c3cccc4c3sc3ccccc34)cc2)c1. The van der Waals surface area contributed by atoms with Crippen molar-refractivity contribution in [3.63, 3.8) is 0 Å². The molecule has 0 spiro atoms. The molecule has 0 amide bonds. The van der Waals surface area contributed by atoms with Gasteiger partial charge in [0.2, 0.25) is 0 Å². The Hall–Kier alpha value is -7.00. The van der Waals surface area contributed by atoms with Gasteiger partial charge in [0, 0.05) is 37.2 Å². The molecule has 0 aliphatic heterocycles. The highest BCUT2D eigenvalue weighted by Crippen LogP contribution is 2.43. The van der Waals surface area contributed by atoms with Crippen molar-refractivity contribution in [2.75, 3.05) is 4.90 Å². The summed E-state index contributed by atoms with van der Waals surface area (Å²) in [5.41, 5.74) is 10.7. The van der Waals surface area contributed by atoms with Gasteiger partial charge < -0.3 is 4.90 Å². The summed E-state index contributed by atoms with van der Waals surface area (Å²) in [6, 6.07) is 77.7. The van der Waals surface area contributed by atoms with Gasteiger partial charge in [-0.2, -0.15) is 0 Å². The predicted molar refractivity (Wildman–Crippen MR) is 243 cm³/mol. The standard InChI is InChI=1S/C54H35NS/c1-3-17-44-36(12-1)14-10-22-45(44)37-26-30-41(31-27-37)55(42-32-28-38(29-33-42)47-23-11-24-51-50-21-7-8-25-53(50)56-54(47)51)43-16-9-15-39(34-43)52-35-40-13-2-4-18-46(40)48-19-5-6-20-49(48)52/h1-35H. The van der Waals surface area contributed by atoms with Crippen LogP contribution in [-0.2, 0) is 0 Å². The van der Waals surface area contributed by atoms with Crippen LogP contribution in [-0.4, -0.2) is 0 Å². The fraction of sp³-hybridized carbons (Fsp3) is 0. The van der Waals surface area contributed by atoms with Gasteiger partial charge in [0.15, 0.2) is 0 Å². The Kier molecular flexibility index (Phi) is 7.75. The highest BCUT2D eigenvalue weighted by Gasteiger charge is 2.17. The van der Waals surface area contributed by atoms with E-state index in [-0.39, 0.29) is 0 Å². The Labute approximate surface area is 330 Å². The molecule has 0 aliphatic rings. The smallest absolute Gasteiger partial charge is 0.0467 e. The highest BCUT2D eigenvalue weighted by atomic mass is 32.1. The topological polar surface area (TPSA) is 3.24 Å². The fourth-order valence-corrected chi connectivity index (χ4v) is 9.82. The quantitative estimate of drug-likeness (QED) is 0.154. The molecule has 56 heavy (non-hydrogen) atoms. The zero-order valence-electron chi connectivity index (χ0n) is 30.6. The fourth-order valence-electron chi connectivity index (χ4n) is 8.58. The lowest BCUT2D eigenvalue weighted by atomic mass is 9.93. The number of nitrogens with zero attached hydrogens (tertiary/aromatic N) is 1. The molecule has 1 heterocycles. The third-order valence-electron chi connectivity index (χ3n) is 11.3. The zero-order chi connectivity index (χ0) is 37.0. The average Bonchev–Trinajstić information content (AvgIpc) is 3.66. The lowest BCUT2D eigenvalue weighted by molar-refractivity contribution is 1.28. The van der Waals surface area contributed by atoms with Crippen LogP contribution >= 0.6 is 11.3 Å². The number of anilines is 3. The van der Waals surface area contributed by atoms with E-state index in [2.05, 4.69) is 217 Å². The van der Waals surface area contributed by atoms with Crippen LogP contribution in [0.5, 0.6) is 0 Å². The van der Waals surface area contributed by atoms with Gasteiger partial charge in [0.1, 0.15) is 0 Å². The first kappa shape index (κ1) is 32.4. The van der Waals surface area contributed by atoms with Gasteiger partial charge in [-0.3, -0.25) is 0 Å². The van der Waals surface area contributed by atoms with Gasteiger partial charge in [0.05, 0.1) is 0 Å². The van der Waals surface area contributed by atoms with E-state index in [1.807, 2.05) is 11.3 Å². The molecule has 0 unspecified atom stereocenters. The Morgan fingerprint density at radius 1 is 0.286 bits per heavy atom. The van der Waals surface area contributed by atoms with E-state index in [1.54, 1.807) is 0 Å². The molecule has 11 rings (SSSR count). The Morgan fingerprint density at radius 2 is 0.839 bits per heavy atom. The predicted octanol–water partition coefficient (Wildman–Crippen LogP) is 16.0. The van der Waals surface area contributed by atoms with Crippen LogP contribution in [0.15, 0.2) is 212 Å². The Bertz CT molecular complexity index is 3240. The third-order valence-corrected chi connectivity index (χ3v) is 12.5. The summed E-state index contributed by atoms with van der Waals surface area (Å²) in [6.45, 7) is 0. The molecule has 10 aromatic carbocycles. The van der Waals surface area contributed by atoms with Crippen molar-refractivity contribution >= 4 is 80.9 Å². The first-order valence-electron chi connectivity index (χ1n) is 19.2. The van der Waals surface area contributed by atoms with E-state index in [0.717, 1.165) is 17.1 Å². The van der Waals surface area contributed by atoms with Crippen LogP contribution in [0, 0.1) is 0 Å². The van der Waals surface area contributed by atoms with Gasteiger partial charge in [-0.1, -0.05) is 164 Å². The van der Waals surface area contributed by atoms with Crippen molar-refractivity contribution < 1.29 is 0 Å². The van der Waals surface area contributed by atoms with Gasteiger partial charge in [-0.05, 0) is 114 Å². The van der Waals surface area contributed by atoms with E-state index in [0.29, 0.717) is 0 Å². The molecule has 1 nitrogen and oxygen atoms in total. The summed E-state index contributed by atoms with van der Waals surface area (Å²) in [5.74, 6) is 0. The monoisotopic (exact) mass is 729 g/mol. The summed E-state index contributed by atoms with van der Waals surface area (Å²) in [7, 11) is 0. The van der Waals surface area contributed by atoms with E-state index in [1.165, 1.54) is 85.9 Å². The molecule has 0 fully saturated rings. The minimum atomic E-state index is 1.11. The number of thiophene rings is 1. The second kappa shape index (κ2) is 13.4. The molecular weight excluding hydrogens is 695 g/mol. The summed E-state index contributed by atoms with van der Waals surface area (Å²) in [6.07, 6.45) is 0. The first-order chi connectivity index (χ1) is 27.8. The van der Waals surface area contributed by atoms with E-state index in [4.69, 9.17) is 0 Å². The molecule has 262 valence electrons. The van der Waals surface area contributed by atoms with Gasteiger partial charge in [0.25, 0.3) is 0 Å². The van der Waals surface area contributed by atoms with E-state index in [9.17, 15) is 0 Å². The summed E-state index contributed by atoms with van der Waals surface area (Å²) >= 11 is 1.88. The second-order valence-corrected chi connectivity index (χ2v) is 15.5. The van der Waals surface area contributed by atoms with Crippen molar-refractivity contribution in [3.05, 3.63) is 212 Å². The summed E-state index contributed by atoms with van der Waals surface area (Å²) in [4.78, 5) is 2.39. The number of hydrogen-bond acceptors (Lipinski definition) is 2. The number of rotatable bonds is 6. The van der Waals surface area contributed by atoms with Crippen molar-refractivity contribution in [1.29, 1.82) is 0 Å². The van der Waals surface area contributed by atoms with Crippen LogP contribution < -0.4 is 4.90 Å². The minimum absolute atomic E-state index is 1.11. The summed E-state index contributed by atoms with van der Waals surface area (Å²) < 4.78 is 2.65. The molecule has 0 aliphatic carbocycles. The maximum atomic E-state index is 2.39. The molecule has 1 aromatic heterocycles. The Morgan fingerprint density at radius 3 is 1.62 bits per heavy atom. The first-order valence-corrected chi connectivity index (χ1v) is 20.0. The van der Waals surface area contributed by atoms with Crippen molar-refractivity contribution in [2.45, 2.75) is 0 Å². The maximum absolute atomic E-state index is 2.39. The Balaban J connectivity index is 1.05. The molecule has 2 heteroatoms. The van der Waals surface area contributed by atoms with Crippen LogP contribution in [0.2, 0.25) is 0 Å². The molecule has 11 aromatic rings. The number of fused-ring (bicyclic) bond motifs is 7. The molecular formula is C54H35NS. The van der Waals surface area contributed by atoms with Gasteiger partial charge in [-0.15, -0.1) is 11.3 Å². The van der Waals surface area contributed by atoms with Crippen molar-refractivity contribution in [1.82, 2.24) is 0 Å². The zero-order valence-corrected chi connectivity index (χ0v) is 31.4. The molecule has 0 saturated carbocycles. The van der Waals surface area contributed by atoms with E-state index >= 15 is 0 Å². The molecule has 0 radical (unpaired) electrons. The maximum Gasteiger partial charge on any atom is 0.0467 e. The summed E-state index contributed by atoms with van der Waals surface area (Å²) in [5, 5.41) is 10.2. The van der Waals surface area contributed by atoms with E-state index < -0.39 is 0 Å². The number of benzene rings is 10. The molecule has 0 N–H and O–H groups in total. The van der Waals surface area contributed by atoms with Gasteiger partial charge in [-0.25, -0.2) is 0 Å². The van der Waals surface area contributed by atoms with Gasteiger partial charge >= 0.3 is 0 Å².